The average molecular weight is 317 g/mol. The lowest BCUT2D eigenvalue weighted by Crippen LogP contribution is -2.51. The molecule has 0 aliphatic carbocycles. The Balaban J connectivity index is 1.91. The van der Waals surface area contributed by atoms with Crippen molar-refractivity contribution in [2.75, 3.05) is 32.7 Å². The van der Waals surface area contributed by atoms with E-state index in [1.54, 1.807) is 0 Å². The van der Waals surface area contributed by atoms with Gasteiger partial charge in [0.05, 0.1) is 6.54 Å². The molecule has 2 rings (SSSR count). The van der Waals surface area contributed by atoms with Crippen LogP contribution < -0.4 is 5.73 Å². The van der Waals surface area contributed by atoms with Crippen LogP contribution in [0, 0.1) is 19.8 Å². The quantitative estimate of drug-likeness (QED) is 0.885. The summed E-state index contributed by atoms with van der Waals surface area (Å²) in [7, 11) is 0. The highest BCUT2D eigenvalue weighted by atomic mass is 16.2. The average Bonchev–Trinajstić information content (AvgIpc) is 2.51. The fraction of sp³-hybridized carbons (Fsp3) is 0.556. The predicted octanol–water partition coefficient (Wildman–Crippen LogP) is 1.11. The van der Waals surface area contributed by atoms with Crippen LogP contribution in [0.1, 0.15) is 23.6 Å². The van der Waals surface area contributed by atoms with Gasteiger partial charge in [-0.3, -0.25) is 14.5 Å². The minimum Gasteiger partial charge on any atom is -0.369 e. The SMILES string of the molecule is Cc1cccc(CC(C)C(=O)N2CCN(CC(N)=O)CC2)c1C. The molecule has 1 fully saturated rings. The molecule has 2 N–H and O–H groups in total. The highest BCUT2D eigenvalue weighted by Gasteiger charge is 2.25. The van der Waals surface area contributed by atoms with E-state index in [0.717, 1.165) is 6.42 Å². The van der Waals surface area contributed by atoms with Gasteiger partial charge in [-0.25, -0.2) is 0 Å². The van der Waals surface area contributed by atoms with E-state index in [9.17, 15) is 9.59 Å². The van der Waals surface area contributed by atoms with Gasteiger partial charge in [-0.05, 0) is 37.0 Å². The van der Waals surface area contributed by atoms with Crippen LogP contribution in [0.15, 0.2) is 18.2 Å². The Kier molecular flexibility index (Phi) is 5.77. The number of benzene rings is 1. The minimum atomic E-state index is -0.312. The molecule has 23 heavy (non-hydrogen) atoms. The molecule has 1 aromatic carbocycles. The number of rotatable bonds is 5. The Hall–Kier alpha value is -1.88. The van der Waals surface area contributed by atoms with Crippen LogP contribution in [0.25, 0.3) is 0 Å². The second kappa shape index (κ2) is 7.59. The zero-order valence-corrected chi connectivity index (χ0v) is 14.3. The van der Waals surface area contributed by atoms with E-state index < -0.39 is 0 Å². The van der Waals surface area contributed by atoms with Crippen molar-refractivity contribution < 1.29 is 9.59 Å². The van der Waals surface area contributed by atoms with Crippen LogP contribution in [0.3, 0.4) is 0 Å². The first kappa shape index (κ1) is 17.5. The number of carbonyl (C=O) groups excluding carboxylic acids is 2. The van der Waals surface area contributed by atoms with Gasteiger partial charge in [0.1, 0.15) is 0 Å². The summed E-state index contributed by atoms with van der Waals surface area (Å²) in [6, 6.07) is 6.26. The van der Waals surface area contributed by atoms with Crippen LogP contribution in [0.2, 0.25) is 0 Å². The van der Waals surface area contributed by atoms with Gasteiger partial charge in [-0.2, -0.15) is 0 Å². The molecule has 0 spiro atoms. The fourth-order valence-electron chi connectivity index (χ4n) is 3.11. The number of hydrogen-bond acceptors (Lipinski definition) is 3. The molecule has 1 unspecified atom stereocenters. The van der Waals surface area contributed by atoms with Crippen molar-refractivity contribution in [3.8, 4) is 0 Å². The number of carbonyl (C=O) groups is 2. The summed E-state index contributed by atoms with van der Waals surface area (Å²) in [6.45, 7) is 9.26. The highest BCUT2D eigenvalue weighted by Crippen LogP contribution is 2.18. The lowest BCUT2D eigenvalue weighted by atomic mass is 9.94. The van der Waals surface area contributed by atoms with Crippen molar-refractivity contribution >= 4 is 11.8 Å². The number of amides is 2. The molecule has 1 saturated heterocycles. The van der Waals surface area contributed by atoms with E-state index in [2.05, 4.69) is 32.0 Å². The number of hydrogen-bond donors (Lipinski definition) is 1. The maximum absolute atomic E-state index is 12.6. The summed E-state index contributed by atoms with van der Waals surface area (Å²) < 4.78 is 0. The van der Waals surface area contributed by atoms with Gasteiger partial charge in [-0.1, -0.05) is 25.1 Å². The van der Waals surface area contributed by atoms with Crippen LogP contribution in [0.5, 0.6) is 0 Å². The topological polar surface area (TPSA) is 66.6 Å². The molecule has 1 aliphatic rings. The first-order valence-corrected chi connectivity index (χ1v) is 8.23. The number of piperazine rings is 1. The predicted molar refractivity (Wildman–Crippen MR) is 91.0 cm³/mol. The van der Waals surface area contributed by atoms with Gasteiger partial charge in [-0.15, -0.1) is 0 Å². The second-order valence-electron chi connectivity index (χ2n) is 6.53. The van der Waals surface area contributed by atoms with Gasteiger partial charge in [0.25, 0.3) is 0 Å². The van der Waals surface area contributed by atoms with Crippen molar-refractivity contribution in [1.29, 1.82) is 0 Å². The molecule has 1 aromatic rings. The summed E-state index contributed by atoms with van der Waals surface area (Å²) in [5.41, 5.74) is 9.01. The highest BCUT2D eigenvalue weighted by molar-refractivity contribution is 5.79. The van der Waals surface area contributed by atoms with Crippen molar-refractivity contribution in [2.24, 2.45) is 11.7 Å². The van der Waals surface area contributed by atoms with Crippen LogP contribution in [0.4, 0.5) is 0 Å². The Labute approximate surface area is 138 Å². The third kappa shape index (κ3) is 4.55. The first-order valence-electron chi connectivity index (χ1n) is 8.23. The standard InChI is InChI=1S/C18H27N3O2/c1-13-5-4-6-16(15(13)3)11-14(2)18(23)21-9-7-20(8-10-21)12-17(19)22/h4-6,14H,7-12H2,1-3H3,(H2,19,22). The Morgan fingerprint density at radius 3 is 2.43 bits per heavy atom. The normalized spacial score (nSPS) is 17.1. The molecule has 5 nitrogen and oxygen atoms in total. The molecular weight excluding hydrogens is 290 g/mol. The Bertz CT molecular complexity index is 578. The second-order valence-corrected chi connectivity index (χ2v) is 6.53. The molecular formula is C18H27N3O2. The summed E-state index contributed by atoms with van der Waals surface area (Å²) >= 11 is 0. The molecule has 2 amide bonds. The van der Waals surface area contributed by atoms with Crippen molar-refractivity contribution in [3.63, 3.8) is 0 Å². The summed E-state index contributed by atoms with van der Waals surface area (Å²) in [5, 5.41) is 0. The molecule has 0 bridgehead atoms. The van der Waals surface area contributed by atoms with E-state index in [1.807, 2.05) is 16.7 Å². The lowest BCUT2D eigenvalue weighted by molar-refractivity contribution is -0.136. The number of primary amides is 1. The number of nitrogens with zero attached hydrogens (tertiary/aromatic N) is 2. The molecule has 0 saturated carbocycles. The maximum atomic E-state index is 12.6. The summed E-state index contributed by atoms with van der Waals surface area (Å²) in [4.78, 5) is 27.5. The molecule has 5 heteroatoms. The van der Waals surface area contributed by atoms with Crippen molar-refractivity contribution in [3.05, 3.63) is 34.9 Å². The number of nitrogens with two attached hydrogens (primary N) is 1. The molecule has 1 atom stereocenters. The van der Waals surface area contributed by atoms with Crippen LogP contribution in [-0.4, -0.2) is 54.3 Å². The zero-order valence-electron chi connectivity index (χ0n) is 14.3. The summed E-state index contributed by atoms with van der Waals surface area (Å²) in [5.74, 6) is -0.143. The molecule has 1 heterocycles. The molecule has 0 radical (unpaired) electrons. The fourth-order valence-corrected chi connectivity index (χ4v) is 3.11. The van der Waals surface area contributed by atoms with E-state index >= 15 is 0 Å². The van der Waals surface area contributed by atoms with E-state index in [1.165, 1.54) is 16.7 Å². The lowest BCUT2D eigenvalue weighted by Gasteiger charge is -2.35. The Morgan fingerprint density at radius 2 is 1.83 bits per heavy atom. The summed E-state index contributed by atoms with van der Waals surface area (Å²) in [6.07, 6.45) is 0.772. The first-order chi connectivity index (χ1) is 10.9. The number of aryl methyl sites for hydroxylation is 1. The minimum absolute atomic E-state index is 0.0295. The smallest absolute Gasteiger partial charge is 0.231 e. The van der Waals surface area contributed by atoms with Gasteiger partial charge < -0.3 is 10.6 Å². The zero-order chi connectivity index (χ0) is 17.0. The van der Waals surface area contributed by atoms with Gasteiger partial charge in [0, 0.05) is 32.1 Å². The van der Waals surface area contributed by atoms with Crippen LogP contribution in [-0.2, 0) is 16.0 Å². The molecule has 0 aromatic heterocycles. The van der Waals surface area contributed by atoms with Crippen LogP contribution >= 0.6 is 0 Å². The molecule has 1 aliphatic heterocycles. The van der Waals surface area contributed by atoms with Crippen molar-refractivity contribution in [1.82, 2.24) is 9.80 Å². The largest absolute Gasteiger partial charge is 0.369 e. The van der Waals surface area contributed by atoms with Gasteiger partial charge in [0.2, 0.25) is 11.8 Å². The third-order valence-corrected chi connectivity index (χ3v) is 4.73. The van der Waals surface area contributed by atoms with E-state index in [4.69, 9.17) is 5.73 Å². The maximum Gasteiger partial charge on any atom is 0.231 e. The van der Waals surface area contributed by atoms with Gasteiger partial charge in [0.15, 0.2) is 0 Å². The van der Waals surface area contributed by atoms with Gasteiger partial charge >= 0.3 is 0 Å². The van der Waals surface area contributed by atoms with E-state index in [-0.39, 0.29) is 24.3 Å². The third-order valence-electron chi connectivity index (χ3n) is 4.73. The van der Waals surface area contributed by atoms with Crippen molar-refractivity contribution in [2.45, 2.75) is 27.2 Å². The van der Waals surface area contributed by atoms with E-state index in [0.29, 0.717) is 26.2 Å². The monoisotopic (exact) mass is 317 g/mol. The molecule has 126 valence electrons. The Morgan fingerprint density at radius 1 is 1.17 bits per heavy atom.